The summed E-state index contributed by atoms with van der Waals surface area (Å²) in [5, 5.41) is 21.7. The number of nitrogens with one attached hydrogen (secondary N) is 1. The first-order chi connectivity index (χ1) is 11.4. The number of benzene rings is 1. The zero-order valence-corrected chi connectivity index (χ0v) is 14.8. The van der Waals surface area contributed by atoms with Gasteiger partial charge in [0.05, 0.1) is 5.60 Å². The van der Waals surface area contributed by atoms with Gasteiger partial charge in [-0.15, -0.1) is 0 Å². The van der Waals surface area contributed by atoms with Gasteiger partial charge in [-0.1, -0.05) is 44.2 Å². The van der Waals surface area contributed by atoms with Crippen LogP contribution in [-0.4, -0.2) is 45.4 Å². The molecule has 0 aliphatic carbocycles. The molecule has 0 bridgehead atoms. The number of alkyl carbamates (subject to hydrolysis) is 1. The van der Waals surface area contributed by atoms with E-state index in [2.05, 4.69) is 5.32 Å². The molecule has 134 valence electrons. The summed E-state index contributed by atoms with van der Waals surface area (Å²) in [6.45, 7) is 3.85. The molecular formula is C17H25NO5S. The zero-order chi connectivity index (χ0) is 18.0. The number of hydrogen-bond donors (Lipinski definition) is 3. The molecule has 6 nitrogen and oxygen atoms in total. The van der Waals surface area contributed by atoms with Gasteiger partial charge in [0.15, 0.2) is 0 Å². The highest BCUT2D eigenvalue weighted by Crippen LogP contribution is 2.21. The normalized spacial score (nSPS) is 12.5. The second-order valence-corrected chi connectivity index (χ2v) is 6.57. The van der Waals surface area contributed by atoms with Crippen LogP contribution in [0.15, 0.2) is 30.3 Å². The van der Waals surface area contributed by atoms with Crippen LogP contribution in [0.1, 0.15) is 32.3 Å². The van der Waals surface area contributed by atoms with Crippen molar-refractivity contribution in [1.82, 2.24) is 5.32 Å². The average molecular weight is 355 g/mol. The fraction of sp³-hybridized carbons (Fsp3) is 0.529. The molecule has 1 unspecified atom stereocenters. The van der Waals surface area contributed by atoms with Crippen molar-refractivity contribution in [3.8, 4) is 0 Å². The third kappa shape index (κ3) is 7.23. The molecule has 0 spiro atoms. The van der Waals surface area contributed by atoms with Crippen molar-refractivity contribution in [3.63, 3.8) is 0 Å². The van der Waals surface area contributed by atoms with Crippen LogP contribution < -0.4 is 5.32 Å². The van der Waals surface area contributed by atoms with Crippen LogP contribution in [0, 0.1) is 0 Å². The van der Waals surface area contributed by atoms with Crippen molar-refractivity contribution in [2.75, 3.05) is 11.5 Å². The number of ether oxygens (including phenoxy) is 1. The fourth-order valence-corrected chi connectivity index (χ4v) is 3.27. The predicted molar refractivity (Wildman–Crippen MR) is 94.0 cm³/mol. The summed E-state index contributed by atoms with van der Waals surface area (Å²) in [6, 6.07) is 8.08. The van der Waals surface area contributed by atoms with Crippen molar-refractivity contribution in [3.05, 3.63) is 35.9 Å². The summed E-state index contributed by atoms with van der Waals surface area (Å²) in [7, 11) is 0. The lowest BCUT2D eigenvalue weighted by molar-refractivity contribution is -0.138. The van der Waals surface area contributed by atoms with E-state index in [1.165, 1.54) is 11.8 Å². The van der Waals surface area contributed by atoms with Gasteiger partial charge in [-0.05, 0) is 18.4 Å². The predicted octanol–water partition coefficient (Wildman–Crippen LogP) is 2.65. The largest absolute Gasteiger partial charge is 0.480 e. The fourth-order valence-electron chi connectivity index (χ4n) is 1.90. The van der Waals surface area contributed by atoms with Crippen LogP contribution >= 0.6 is 11.8 Å². The topological polar surface area (TPSA) is 95.9 Å². The number of carboxylic acids is 1. The van der Waals surface area contributed by atoms with E-state index in [1.54, 1.807) is 0 Å². The monoisotopic (exact) mass is 355 g/mol. The number of carboxylic acid groups (broad SMARTS) is 1. The number of amides is 1. The Balaban J connectivity index is 2.42. The minimum absolute atomic E-state index is 0.0809. The Bertz CT molecular complexity index is 519. The van der Waals surface area contributed by atoms with E-state index >= 15 is 0 Å². The highest BCUT2D eigenvalue weighted by molar-refractivity contribution is 7.99. The molecule has 1 rings (SSSR count). The van der Waals surface area contributed by atoms with E-state index in [0.29, 0.717) is 18.6 Å². The Morgan fingerprint density at radius 3 is 2.42 bits per heavy atom. The van der Waals surface area contributed by atoms with E-state index < -0.39 is 23.7 Å². The lowest BCUT2D eigenvalue weighted by atomic mass is 10.0. The molecule has 0 heterocycles. The Labute approximate surface area is 146 Å². The smallest absolute Gasteiger partial charge is 0.408 e. The average Bonchev–Trinajstić information content (AvgIpc) is 2.59. The summed E-state index contributed by atoms with van der Waals surface area (Å²) in [5.74, 6) is -0.543. The molecule has 0 aliphatic rings. The maximum Gasteiger partial charge on any atom is 0.408 e. The van der Waals surface area contributed by atoms with Crippen molar-refractivity contribution < 1.29 is 24.5 Å². The van der Waals surface area contributed by atoms with Gasteiger partial charge < -0.3 is 20.3 Å². The molecule has 1 aromatic carbocycles. The van der Waals surface area contributed by atoms with E-state index in [-0.39, 0.29) is 12.4 Å². The van der Waals surface area contributed by atoms with E-state index in [4.69, 9.17) is 4.74 Å². The number of carbonyl (C=O) groups is 2. The Morgan fingerprint density at radius 1 is 1.25 bits per heavy atom. The molecule has 0 aliphatic heterocycles. The van der Waals surface area contributed by atoms with Crippen LogP contribution in [0.4, 0.5) is 4.79 Å². The molecule has 0 aromatic heterocycles. The number of carbonyl (C=O) groups excluding carboxylic acids is 1. The summed E-state index contributed by atoms with van der Waals surface area (Å²) in [5.41, 5.74) is 0.0199. The molecule has 0 fully saturated rings. The standard InChI is InChI=1S/C17H25NO5S/c1-3-17(22,4-2)12-24-11-14(15(19)20)18-16(21)23-10-13-8-6-5-7-9-13/h5-9,14,22H,3-4,10-12H2,1-2H3,(H,18,21)(H,19,20). The highest BCUT2D eigenvalue weighted by atomic mass is 32.2. The lowest BCUT2D eigenvalue weighted by Gasteiger charge is -2.25. The van der Waals surface area contributed by atoms with Crippen molar-refractivity contribution >= 4 is 23.8 Å². The minimum atomic E-state index is -1.13. The van der Waals surface area contributed by atoms with Crippen molar-refractivity contribution in [1.29, 1.82) is 0 Å². The van der Waals surface area contributed by atoms with Crippen molar-refractivity contribution in [2.24, 2.45) is 0 Å². The summed E-state index contributed by atoms with van der Waals surface area (Å²) in [6.07, 6.45) is 0.426. The van der Waals surface area contributed by atoms with Crippen LogP contribution in [0.3, 0.4) is 0 Å². The molecule has 1 amide bonds. The molecule has 1 atom stereocenters. The van der Waals surface area contributed by atoms with Crippen LogP contribution in [0.5, 0.6) is 0 Å². The summed E-state index contributed by atoms with van der Waals surface area (Å²) >= 11 is 1.30. The van der Waals surface area contributed by atoms with Crippen LogP contribution in [0.2, 0.25) is 0 Å². The second-order valence-electron chi connectivity index (χ2n) is 5.54. The highest BCUT2D eigenvalue weighted by Gasteiger charge is 2.25. The molecule has 0 radical (unpaired) electrons. The molecular weight excluding hydrogens is 330 g/mol. The van der Waals surface area contributed by atoms with Gasteiger partial charge in [0.25, 0.3) is 0 Å². The first-order valence-corrected chi connectivity index (χ1v) is 9.06. The quantitative estimate of drug-likeness (QED) is 0.597. The van der Waals surface area contributed by atoms with Gasteiger partial charge >= 0.3 is 12.1 Å². The Morgan fingerprint density at radius 2 is 1.88 bits per heavy atom. The van der Waals surface area contributed by atoms with Gasteiger partial charge in [-0.2, -0.15) is 11.8 Å². The molecule has 7 heteroatoms. The lowest BCUT2D eigenvalue weighted by Crippen LogP contribution is -2.43. The first-order valence-electron chi connectivity index (χ1n) is 7.90. The van der Waals surface area contributed by atoms with Gasteiger partial charge in [-0.3, -0.25) is 0 Å². The van der Waals surface area contributed by atoms with Gasteiger partial charge in [0.2, 0.25) is 0 Å². The molecule has 1 aromatic rings. The van der Waals surface area contributed by atoms with E-state index in [0.717, 1.165) is 5.56 Å². The molecule has 0 saturated carbocycles. The Hall–Kier alpha value is -1.73. The number of aliphatic carboxylic acids is 1. The molecule has 3 N–H and O–H groups in total. The number of thioether (sulfide) groups is 1. The van der Waals surface area contributed by atoms with Crippen LogP contribution in [-0.2, 0) is 16.1 Å². The third-order valence-corrected chi connectivity index (χ3v) is 5.08. The van der Waals surface area contributed by atoms with E-state index in [1.807, 2.05) is 44.2 Å². The second kappa shape index (κ2) is 10.2. The summed E-state index contributed by atoms with van der Waals surface area (Å²) in [4.78, 5) is 23.0. The number of hydrogen-bond acceptors (Lipinski definition) is 5. The first kappa shape index (κ1) is 20.3. The Kier molecular flexibility index (Phi) is 8.63. The number of rotatable bonds is 10. The summed E-state index contributed by atoms with van der Waals surface area (Å²) < 4.78 is 5.03. The van der Waals surface area contributed by atoms with Crippen molar-refractivity contribution in [2.45, 2.75) is 44.9 Å². The zero-order valence-electron chi connectivity index (χ0n) is 14.0. The van der Waals surface area contributed by atoms with Gasteiger partial charge in [-0.25, -0.2) is 9.59 Å². The van der Waals surface area contributed by atoms with Crippen LogP contribution in [0.25, 0.3) is 0 Å². The van der Waals surface area contributed by atoms with Gasteiger partial charge in [0.1, 0.15) is 12.6 Å². The third-order valence-electron chi connectivity index (χ3n) is 3.77. The molecule has 0 saturated heterocycles. The SMILES string of the molecule is CCC(O)(CC)CSCC(NC(=O)OCc1ccccc1)C(=O)O. The maximum atomic E-state index is 11.7. The van der Waals surface area contributed by atoms with E-state index in [9.17, 15) is 19.8 Å². The minimum Gasteiger partial charge on any atom is -0.480 e. The van der Waals surface area contributed by atoms with Gasteiger partial charge in [0, 0.05) is 11.5 Å². The maximum absolute atomic E-state index is 11.7. The number of aliphatic hydroxyl groups is 1. The molecule has 24 heavy (non-hydrogen) atoms.